The Morgan fingerprint density at radius 3 is 2.22 bits per heavy atom. The van der Waals surface area contributed by atoms with Crippen LogP contribution in [0.1, 0.15) is 6.42 Å². The molecule has 0 aliphatic carbocycles. The Morgan fingerprint density at radius 1 is 1.07 bits per heavy atom. The molecule has 1 aromatic carbocycles. The van der Waals surface area contributed by atoms with Crippen LogP contribution in [0, 0.1) is 5.92 Å². The van der Waals surface area contributed by atoms with Crippen molar-refractivity contribution in [2.45, 2.75) is 6.42 Å². The maximum atomic E-state index is 12.2. The van der Waals surface area contributed by atoms with Crippen LogP contribution in [0.15, 0.2) is 30.3 Å². The number of carboxylic acid groups (broad SMARTS) is 1. The predicted molar refractivity (Wildman–Crippen MR) is 102 cm³/mol. The number of hydrogen-bond acceptors (Lipinski definition) is 5. The molecule has 0 saturated carbocycles. The van der Waals surface area contributed by atoms with Crippen molar-refractivity contribution >= 4 is 23.5 Å². The molecule has 8 nitrogen and oxygen atoms in total. The van der Waals surface area contributed by atoms with E-state index in [-0.39, 0.29) is 18.2 Å². The number of piperazine rings is 1. The molecular weight excluding hydrogens is 348 g/mol. The standard InChI is InChI=1S/C19H28N4O4/c1-21(2)18(25)14-23-10-8-22(9-11-23)13-15(19(26)27)12-17(24)20-16-6-4-3-5-7-16/h3-7,15H,8-14H2,1-2H3,(H,20,24)(H,26,27)/t15-/m1/s1. The first kappa shape index (κ1) is 20.9. The number of anilines is 1. The molecule has 2 rings (SSSR count). The minimum absolute atomic E-state index is 0.0597. The summed E-state index contributed by atoms with van der Waals surface area (Å²) < 4.78 is 0. The van der Waals surface area contributed by atoms with Crippen LogP contribution in [0.4, 0.5) is 5.69 Å². The second-order valence-corrected chi connectivity index (χ2v) is 7.02. The summed E-state index contributed by atoms with van der Waals surface area (Å²) in [7, 11) is 3.47. The van der Waals surface area contributed by atoms with Crippen LogP contribution >= 0.6 is 0 Å². The van der Waals surface area contributed by atoms with Crippen molar-refractivity contribution in [2.75, 3.05) is 58.7 Å². The summed E-state index contributed by atoms with van der Waals surface area (Å²) in [6.45, 7) is 3.50. The summed E-state index contributed by atoms with van der Waals surface area (Å²) in [6, 6.07) is 9.00. The summed E-state index contributed by atoms with van der Waals surface area (Å²) >= 11 is 0. The molecule has 0 bridgehead atoms. The van der Waals surface area contributed by atoms with Crippen molar-refractivity contribution in [1.82, 2.24) is 14.7 Å². The average Bonchev–Trinajstić information content (AvgIpc) is 2.63. The Hall–Kier alpha value is -2.45. The molecule has 1 heterocycles. The Bertz CT molecular complexity index is 642. The molecule has 148 valence electrons. The van der Waals surface area contributed by atoms with Gasteiger partial charge in [-0.2, -0.15) is 0 Å². The molecule has 8 heteroatoms. The van der Waals surface area contributed by atoms with Gasteiger partial charge in [0.1, 0.15) is 0 Å². The number of rotatable bonds is 8. The number of carboxylic acids is 1. The number of carbonyl (C=O) groups excluding carboxylic acids is 2. The van der Waals surface area contributed by atoms with Gasteiger partial charge in [0, 0.05) is 58.9 Å². The molecule has 0 aromatic heterocycles. The highest BCUT2D eigenvalue weighted by Crippen LogP contribution is 2.13. The molecule has 0 spiro atoms. The lowest BCUT2D eigenvalue weighted by Crippen LogP contribution is -2.50. The van der Waals surface area contributed by atoms with Crippen molar-refractivity contribution in [3.63, 3.8) is 0 Å². The second-order valence-electron chi connectivity index (χ2n) is 7.02. The van der Waals surface area contributed by atoms with Gasteiger partial charge in [0.05, 0.1) is 12.5 Å². The van der Waals surface area contributed by atoms with Gasteiger partial charge in [0.2, 0.25) is 11.8 Å². The summed E-state index contributed by atoms with van der Waals surface area (Å²) in [5, 5.41) is 12.2. The summed E-state index contributed by atoms with van der Waals surface area (Å²) in [5.41, 5.74) is 0.658. The van der Waals surface area contributed by atoms with Gasteiger partial charge in [-0.05, 0) is 12.1 Å². The van der Waals surface area contributed by atoms with E-state index in [1.807, 2.05) is 23.1 Å². The first-order valence-electron chi connectivity index (χ1n) is 9.07. The zero-order valence-corrected chi connectivity index (χ0v) is 15.9. The van der Waals surface area contributed by atoms with E-state index < -0.39 is 11.9 Å². The third-order valence-corrected chi connectivity index (χ3v) is 4.64. The van der Waals surface area contributed by atoms with Crippen LogP contribution < -0.4 is 5.32 Å². The van der Waals surface area contributed by atoms with Gasteiger partial charge in [-0.25, -0.2) is 0 Å². The molecule has 0 unspecified atom stereocenters. The molecule has 1 aromatic rings. The predicted octanol–water partition coefficient (Wildman–Crippen LogP) is 0.422. The van der Waals surface area contributed by atoms with Gasteiger partial charge in [0.15, 0.2) is 0 Å². The third-order valence-electron chi connectivity index (χ3n) is 4.64. The number of benzene rings is 1. The molecule has 2 N–H and O–H groups in total. The fraction of sp³-hybridized carbons (Fsp3) is 0.526. The molecule has 1 atom stereocenters. The maximum absolute atomic E-state index is 12.2. The van der Waals surface area contributed by atoms with E-state index in [4.69, 9.17) is 0 Å². The van der Waals surface area contributed by atoms with Crippen molar-refractivity contribution in [1.29, 1.82) is 0 Å². The van der Waals surface area contributed by atoms with Crippen molar-refractivity contribution in [3.05, 3.63) is 30.3 Å². The van der Waals surface area contributed by atoms with E-state index in [0.29, 0.717) is 45.0 Å². The zero-order chi connectivity index (χ0) is 19.8. The smallest absolute Gasteiger partial charge is 0.308 e. The topological polar surface area (TPSA) is 93.2 Å². The largest absolute Gasteiger partial charge is 0.481 e. The highest BCUT2D eigenvalue weighted by molar-refractivity contribution is 5.93. The van der Waals surface area contributed by atoms with Gasteiger partial charge in [-0.15, -0.1) is 0 Å². The fourth-order valence-electron chi connectivity index (χ4n) is 2.96. The first-order valence-corrected chi connectivity index (χ1v) is 9.07. The van der Waals surface area contributed by atoms with E-state index in [2.05, 4.69) is 10.2 Å². The van der Waals surface area contributed by atoms with Crippen molar-refractivity contribution in [2.24, 2.45) is 5.92 Å². The number of nitrogens with zero attached hydrogens (tertiary/aromatic N) is 3. The van der Waals surface area contributed by atoms with E-state index >= 15 is 0 Å². The number of para-hydroxylation sites is 1. The lowest BCUT2D eigenvalue weighted by molar-refractivity contribution is -0.144. The molecule has 1 aliphatic rings. The molecular formula is C19H28N4O4. The van der Waals surface area contributed by atoms with Crippen LogP contribution in [0.3, 0.4) is 0 Å². The Labute approximate surface area is 159 Å². The molecule has 2 amide bonds. The molecule has 1 saturated heterocycles. The fourth-order valence-corrected chi connectivity index (χ4v) is 2.96. The maximum Gasteiger partial charge on any atom is 0.308 e. The zero-order valence-electron chi connectivity index (χ0n) is 15.9. The summed E-state index contributed by atoms with van der Waals surface area (Å²) in [4.78, 5) is 41.2. The Kier molecular flexibility index (Phi) is 7.75. The Morgan fingerprint density at radius 2 is 1.67 bits per heavy atom. The van der Waals surface area contributed by atoms with Gasteiger partial charge in [-0.1, -0.05) is 18.2 Å². The lowest BCUT2D eigenvalue weighted by Gasteiger charge is -2.35. The number of carbonyl (C=O) groups is 3. The monoisotopic (exact) mass is 376 g/mol. The van der Waals surface area contributed by atoms with Gasteiger partial charge < -0.3 is 15.3 Å². The number of nitrogens with one attached hydrogen (secondary N) is 1. The first-order chi connectivity index (χ1) is 12.8. The average molecular weight is 376 g/mol. The summed E-state index contributed by atoms with van der Waals surface area (Å²) in [6.07, 6.45) is -0.0659. The SMILES string of the molecule is CN(C)C(=O)CN1CCN(C[C@@H](CC(=O)Nc2ccccc2)C(=O)O)CC1. The third kappa shape index (κ3) is 6.99. The molecule has 1 fully saturated rings. The van der Waals surface area contributed by atoms with Crippen LogP contribution in [-0.2, 0) is 14.4 Å². The van der Waals surface area contributed by atoms with E-state index in [0.717, 1.165) is 0 Å². The van der Waals surface area contributed by atoms with Gasteiger partial charge in [-0.3, -0.25) is 24.2 Å². The number of likely N-dealkylation sites (N-methyl/N-ethyl adjacent to an activating group) is 1. The van der Waals surface area contributed by atoms with Gasteiger partial charge in [0.25, 0.3) is 0 Å². The van der Waals surface area contributed by atoms with E-state index in [1.165, 1.54) is 0 Å². The number of hydrogen-bond donors (Lipinski definition) is 2. The highest BCUT2D eigenvalue weighted by Gasteiger charge is 2.27. The van der Waals surface area contributed by atoms with Crippen molar-refractivity contribution < 1.29 is 19.5 Å². The molecule has 27 heavy (non-hydrogen) atoms. The quantitative estimate of drug-likeness (QED) is 0.683. The van der Waals surface area contributed by atoms with Crippen LogP contribution in [0.5, 0.6) is 0 Å². The van der Waals surface area contributed by atoms with Gasteiger partial charge >= 0.3 is 5.97 Å². The van der Waals surface area contributed by atoms with Crippen LogP contribution in [-0.4, -0.2) is 91.0 Å². The van der Waals surface area contributed by atoms with Crippen LogP contribution in [0.2, 0.25) is 0 Å². The van der Waals surface area contributed by atoms with E-state index in [1.54, 1.807) is 31.1 Å². The minimum Gasteiger partial charge on any atom is -0.481 e. The van der Waals surface area contributed by atoms with E-state index in [9.17, 15) is 19.5 Å². The lowest BCUT2D eigenvalue weighted by atomic mass is 10.0. The molecule has 1 aliphatic heterocycles. The number of aliphatic carboxylic acids is 1. The minimum atomic E-state index is -0.969. The summed E-state index contributed by atoms with van der Waals surface area (Å²) in [5.74, 6) is -1.97. The Balaban J connectivity index is 1.80. The second kappa shape index (κ2) is 10.0. The van der Waals surface area contributed by atoms with Crippen LogP contribution in [0.25, 0.3) is 0 Å². The normalized spacial score (nSPS) is 16.5. The molecule has 0 radical (unpaired) electrons. The van der Waals surface area contributed by atoms with Crippen molar-refractivity contribution in [3.8, 4) is 0 Å². The highest BCUT2D eigenvalue weighted by atomic mass is 16.4. The number of amides is 2.